The van der Waals surface area contributed by atoms with Gasteiger partial charge in [-0.25, -0.2) is 9.78 Å². The Morgan fingerprint density at radius 2 is 2.14 bits per heavy atom. The number of allylic oxidation sites excluding steroid dienone is 1. The van der Waals surface area contributed by atoms with Gasteiger partial charge in [-0.1, -0.05) is 6.08 Å². The van der Waals surface area contributed by atoms with Crippen molar-refractivity contribution in [2.75, 3.05) is 13.1 Å². The molecule has 22 heavy (non-hydrogen) atoms. The van der Waals surface area contributed by atoms with E-state index >= 15 is 0 Å². The smallest absolute Gasteiger partial charge is 0.410 e. The van der Waals surface area contributed by atoms with Gasteiger partial charge < -0.3 is 9.64 Å². The number of carbonyl (C=O) groups excluding carboxylic acids is 1. The van der Waals surface area contributed by atoms with Crippen LogP contribution in [0.2, 0.25) is 0 Å². The number of hydrogen-bond donors (Lipinski definition) is 0. The molecule has 0 radical (unpaired) electrons. The maximum absolute atomic E-state index is 12.9. The van der Waals surface area contributed by atoms with Crippen molar-refractivity contribution >= 4 is 11.7 Å². The molecule has 0 bridgehead atoms. The fraction of sp³-hybridized carbons (Fsp3) is 0.529. The van der Waals surface area contributed by atoms with Crippen LogP contribution in [-0.2, 0) is 4.74 Å². The van der Waals surface area contributed by atoms with Crippen LogP contribution in [0, 0.1) is 17.8 Å². The van der Waals surface area contributed by atoms with Gasteiger partial charge in [-0.15, -0.1) is 0 Å². The number of carbonyl (C=O) groups is 1. The molecule has 5 heteroatoms. The Kier molecular flexibility index (Phi) is 3.67. The third kappa shape index (κ3) is 3.13. The van der Waals surface area contributed by atoms with Crippen LogP contribution in [0.3, 0.4) is 0 Å². The monoisotopic (exact) mass is 304 g/mol. The molecule has 1 saturated heterocycles. The van der Waals surface area contributed by atoms with E-state index in [2.05, 4.69) is 11.1 Å². The second kappa shape index (κ2) is 5.38. The summed E-state index contributed by atoms with van der Waals surface area (Å²) in [5.74, 6) is 0.318. The first-order valence-corrected chi connectivity index (χ1v) is 7.62. The Morgan fingerprint density at radius 3 is 2.73 bits per heavy atom. The molecule has 1 aliphatic carbocycles. The third-order valence-corrected chi connectivity index (χ3v) is 4.14. The lowest BCUT2D eigenvalue weighted by molar-refractivity contribution is 0.0285. The first-order valence-electron chi connectivity index (χ1n) is 7.62. The van der Waals surface area contributed by atoms with Crippen LogP contribution in [0.15, 0.2) is 24.4 Å². The van der Waals surface area contributed by atoms with E-state index in [9.17, 15) is 9.18 Å². The largest absolute Gasteiger partial charge is 0.444 e. The number of ether oxygens (including phenoxy) is 1. The van der Waals surface area contributed by atoms with Crippen LogP contribution in [0.25, 0.3) is 5.57 Å². The predicted octanol–water partition coefficient (Wildman–Crippen LogP) is 3.49. The summed E-state index contributed by atoms with van der Waals surface area (Å²) in [6.07, 6.45) is 4.44. The van der Waals surface area contributed by atoms with Crippen molar-refractivity contribution in [3.05, 3.63) is 35.9 Å². The number of fused-ring (bicyclic) bond motifs is 1. The lowest BCUT2D eigenvalue weighted by Crippen LogP contribution is -2.35. The number of amides is 1. The summed E-state index contributed by atoms with van der Waals surface area (Å²) in [6, 6.07) is 3.15. The third-order valence-electron chi connectivity index (χ3n) is 4.14. The Bertz CT molecular complexity index is 604. The first kappa shape index (κ1) is 15.0. The van der Waals surface area contributed by atoms with Crippen molar-refractivity contribution in [2.24, 2.45) is 11.8 Å². The van der Waals surface area contributed by atoms with E-state index in [4.69, 9.17) is 4.74 Å². The molecule has 2 heterocycles. The van der Waals surface area contributed by atoms with Crippen LogP contribution in [-0.4, -0.2) is 34.7 Å². The molecule has 4 nitrogen and oxygen atoms in total. The highest BCUT2D eigenvalue weighted by Gasteiger charge is 2.39. The van der Waals surface area contributed by atoms with Crippen LogP contribution >= 0.6 is 0 Å². The summed E-state index contributed by atoms with van der Waals surface area (Å²) in [5, 5.41) is 0. The van der Waals surface area contributed by atoms with E-state index in [1.54, 1.807) is 17.2 Å². The molecule has 2 atom stereocenters. The number of rotatable bonds is 1. The van der Waals surface area contributed by atoms with Crippen molar-refractivity contribution in [3.8, 4) is 0 Å². The standard InChI is InChI=1S/C17H21FN2O2/c1-17(2,3)22-16(21)20-9-13-6-12(7-14(13)10-20)11-4-5-15(18)19-8-11/h4-6,8,13-14H,7,9-10H2,1-3H3. The van der Waals surface area contributed by atoms with Crippen LogP contribution in [0.5, 0.6) is 0 Å². The number of aromatic nitrogens is 1. The van der Waals surface area contributed by atoms with Gasteiger partial charge in [0.25, 0.3) is 0 Å². The van der Waals surface area contributed by atoms with Gasteiger partial charge in [0.15, 0.2) is 0 Å². The minimum Gasteiger partial charge on any atom is -0.444 e. The van der Waals surface area contributed by atoms with Crippen LogP contribution in [0.1, 0.15) is 32.8 Å². The molecule has 1 fully saturated rings. The molecule has 0 spiro atoms. The van der Waals surface area contributed by atoms with Crippen molar-refractivity contribution in [2.45, 2.75) is 32.8 Å². The molecule has 1 aliphatic heterocycles. The number of nitrogens with zero attached hydrogens (tertiary/aromatic N) is 2. The zero-order valence-electron chi connectivity index (χ0n) is 13.2. The van der Waals surface area contributed by atoms with E-state index in [0.717, 1.165) is 12.0 Å². The second-order valence-electron chi connectivity index (χ2n) is 7.07. The topological polar surface area (TPSA) is 42.4 Å². The molecule has 2 aliphatic rings. The molecule has 0 saturated carbocycles. The zero-order valence-corrected chi connectivity index (χ0v) is 13.2. The fourth-order valence-electron chi connectivity index (χ4n) is 3.17. The van der Waals surface area contributed by atoms with Gasteiger partial charge >= 0.3 is 6.09 Å². The Labute approximate surface area is 130 Å². The van der Waals surface area contributed by atoms with E-state index < -0.39 is 11.5 Å². The van der Waals surface area contributed by atoms with E-state index in [0.29, 0.717) is 24.9 Å². The molecule has 118 valence electrons. The van der Waals surface area contributed by atoms with Gasteiger partial charge in [-0.05, 0) is 62.3 Å². The quantitative estimate of drug-likeness (QED) is 0.746. The molecule has 1 aromatic heterocycles. The molecular formula is C17H21FN2O2. The highest BCUT2D eigenvalue weighted by molar-refractivity contribution is 5.71. The number of likely N-dealkylation sites (tertiary alicyclic amines) is 1. The molecular weight excluding hydrogens is 283 g/mol. The lowest BCUT2D eigenvalue weighted by atomic mass is 9.99. The van der Waals surface area contributed by atoms with Crippen molar-refractivity contribution in [1.29, 1.82) is 0 Å². The molecule has 1 amide bonds. The highest BCUT2D eigenvalue weighted by Crippen LogP contribution is 2.41. The minimum absolute atomic E-state index is 0.236. The average molecular weight is 304 g/mol. The molecule has 0 aromatic carbocycles. The first-order chi connectivity index (χ1) is 10.3. The summed E-state index contributed by atoms with van der Waals surface area (Å²) in [5.41, 5.74) is 1.71. The average Bonchev–Trinajstić information content (AvgIpc) is 2.95. The van der Waals surface area contributed by atoms with Crippen molar-refractivity contribution in [3.63, 3.8) is 0 Å². The van der Waals surface area contributed by atoms with Gasteiger partial charge in [0.1, 0.15) is 5.60 Å². The maximum atomic E-state index is 12.9. The van der Waals surface area contributed by atoms with Gasteiger partial charge in [-0.2, -0.15) is 4.39 Å². The number of halogens is 1. The molecule has 2 unspecified atom stereocenters. The Hall–Kier alpha value is -1.91. The molecule has 0 N–H and O–H groups in total. The van der Waals surface area contributed by atoms with Crippen molar-refractivity contribution < 1.29 is 13.9 Å². The summed E-state index contributed by atoms with van der Waals surface area (Å²) in [6.45, 7) is 7.04. The van der Waals surface area contributed by atoms with E-state index in [-0.39, 0.29) is 6.09 Å². The van der Waals surface area contributed by atoms with Crippen LogP contribution in [0.4, 0.5) is 9.18 Å². The number of pyridine rings is 1. The summed E-state index contributed by atoms with van der Waals surface area (Å²) in [7, 11) is 0. The van der Waals surface area contributed by atoms with Gasteiger partial charge in [0, 0.05) is 19.3 Å². The predicted molar refractivity (Wildman–Crippen MR) is 81.6 cm³/mol. The highest BCUT2D eigenvalue weighted by atomic mass is 19.1. The summed E-state index contributed by atoms with van der Waals surface area (Å²) in [4.78, 5) is 17.6. The normalized spacial score (nSPS) is 24.2. The van der Waals surface area contributed by atoms with E-state index in [1.165, 1.54) is 11.6 Å². The minimum atomic E-state index is -0.463. The van der Waals surface area contributed by atoms with Gasteiger partial charge in [0.2, 0.25) is 5.95 Å². The SMILES string of the molecule is CC(C)(C)OC(=O)N1CC2C=C(c3ccc(F)nc3)CC2C1. The Morgan fingerprint density at radius 1 is 1.36 bits per heavy atom. The number of hydrogen-bond acceptors (Lipinski definition) is 3. The zero-order chi connectivity index (χ0) is 15.9. The second-order valence-corrected chi connectivity index (χ2v) is 7.07. The summed E-state index contributed by atoms with van der Waals surface area (Å²) < 4.78 is 18.3. The van der Waals surface area contributed by atoms with Gasteiger partial charge in [-0.3, -0.25) is 0 Å². The van der Waals surface area contributed by atoms with E-state index in [1.807, 2.05) is 20.8 Å². The Balaban J connectivity index is 1.65. The van der Waals surface area contributed by atoms with Crippen LogP contribution < -0.4 is 0 Å². The fourth-order valence-corrected chi connectivity index (χ4v) is 3.17. The van der Waals surface area contributed by atoms with Crippen molar-refractivity contribution in [1.82, 2.24) is 9.88 Å². The van der Waals surface area contributed by atoms with Gasteiger partial charge in [0.05, 0.1) is 0 Å². The summed E-state index contributed by atoms with van der Waals surface area (Å²) >= 11 is 0. The lowest BCUT2D eigenvalue weighted by Gasteiger charge is -2.24. The molecule has 1 aromatic rings. The maximum Gasteiger partial charge on any atom is 0.410 e. The molecule has 3 rings (SSSR count).